The zero-order valence-electron chi connectivity index (χ0n) is 13.7. The molecule has 2 N–H and O–H groups in total. The summed E-state index contributed by atoms with van der Waals surface area (Å²) in [6, 6.07) is 13.6. The van der Waals surface area contributed by atoms with E-state index in [4.69, 9.17) is 21.7 Å². The van der Waals surface area contributed by atoms with Crippen molar-refractivity contribution in [1.29, 1.82) is 0 Å². The van der Waals surface area contributed by atoms with E-state index >= 15 is 0 Å². The van der Waals surface area contributed by atoms with Crippen LogP contribution in [0.15, 0.2) is 46.9 Å². The van der Waals surface area contributed by atoms with Crippen molar-refractivity contribution < 1.29 is 9.47 Å². The Morgan fingerprint density at radius 2 is 1.92 bits per heavy atom. The number of ether oxygens (including phenoxy) is 2. The number of nitrogens with zero attached hydrogens (tertiary/aromatic N) is 2. The van der Waals surface area contributed by atoms with Gasteiger partial charge in [0.05, 0.1) is 30.8 Å². The molecule has 0 aliphatic carbocycles. The van der Waals surface area contributed by atoms with Crippen molar-refractivity contribution in [2.45, 2.75) is 6.54 Å². The summed E-state index contributed by atoms with van der Waals surface area (Å²) in [4.78, 5) is 0. The third-order valence-electron chi connectivity index (χ3n) is 3.68. The number of benzene rings is 2. The Balaban J connectivity index is 1.88. The summed E-state index contributed by atoms with van der Waals surface area (Å²) in [6.45, 7) is 0.568. The lowest BCUT2D eigenvalue weighted by Crippen LogP contribution is -2.16. The van der Waals surface area contributed by atoms with E-state index in [1.165, 1.54) is 0 Å². The zero-order valence-corrected chi connectivity index (χ0v) is 16.1. The first-order chi connectivity index (χ1) is 12.1. The number of para-hydroxylation sites is 1. The third kappa shape index (κ3) is 3.69. The van der Waals surface area contributed by atoms with Crippen LogP contribution in [0.2, 0.25) is 0 Å². The number of aromatic nitrogens is 3. The maximum Gasteiger partial charge on any atom is 0.214 e. The molecule has 0 atom stereocenters. The molecule has 0 saturated heterocycles. The number of hydrogen-bond acceptors (Lipinski definition) is 5. The van der Waals surface area contributed by atoms with Crippen molar-refractivity contribution in [3.8, 4) is 22.9 Å². The van der Waals surface area contributed by atoms with Crippen LogP contribution in [0.1, 0.15) is 5.56 Å². The number of H-pyrrole nitrogens is 1. The second kappa shape index (κ2) is 7.71. The average Bonchev–Trinajstić information content (AvgIpc) is 3.00. The Morgan fingerprint density at radius 3 is 2.64 bits per heavy atom. The van der Waals surface area contributed by atoms with E-state index in [0.29, 0.717) is 17.1 Å². The van der Waals surface area contributed by atoms with Crippen LogP contribution in [-0.2, 0) is 6.54 Å². The van der Waals surface area contributed by atoms with Gasteiger partial charge in [-0.1, -0.05) is 18.2 Å². The van der Waals surface area contributed by atoms with Gasteiger partial charge in [-0.15, -0.1) is 0 Å². The highest BCUT2D eigenvalue weighted by Gasteiger charge is 2.13. The second-order valence-electron chi connectivity index (χ2n) is 5.19. The average molecular weight is 421 g/mol. The van der Waals surface area contributed by atoms with Crippen LogP contribution < -0.4 is 14.9 Å². The minimum atomic E-state index is 0.480. The molecule has 0 unspecified atom stereocenters. The lowest BCUT2D eigenvalue weighted by Gasteiger charge is -2.13. The first-order valence-corrected chi connectivity index (χ1v) is 8.71. The SMILES string of the molecule is COc1ccc(CNn2c(-c3ccccc3OC)n[nH]c2=S)cc1Br. The number of rotatable bonds is 6. The third-order valence-corrected chi connectivity index (χ3v) is 4.57. The van der Waals surface area contributed by atoms with Crippen molar-refractivity contribution in [1.82, 2.24) is 14.9 Å². The molecular weight excluding hydrogens is 404 g/mol. The Bertz CT molecular complexity index is 938. The Morgan fingerprint density at radius 1 is 1.16 bits per heavy atom. The molecule has 3 aromatic rings. The summed E-state index contributed by atoms with van der Waals surface area (Å²) in [5, 5.41) is 7.15. The molecule has 0 aliphatic rings. The fraction of sp³-hybridized carbons (Fsp3) is 0.176. The van der Waals surface area contributed by atoms with Gasteiger partial charge in [-0.2, -0.15) is 5.10 Å². The van der Waals surface area contributed by atoms with E-state index in [1.54, 1.807) is 18.9 Å². The minimum absolute atomic E-state index is 0.480. The molecule has 6 nitrogen and oxygen atoms in total. The molecule has 0 amide bonds. The molecule has 0 saturated carbocycles. The molecule has 0 spiro atoms. The molecule has 2 aromatic carbocycles. The van der Waals surface area contributed by atoms with Crippen molar-refractivity contribution in [3.63, 3.8) is 0 Å². The van der Waals surface area contributed by atoms with Crippen molar-refractivity contribution in [3.05, 3.63) is 57.3 Å². The predicted octanol–water partition coefficient (Wildman–Crippen LogP) is 4.13. The molecule has 1 heterocycles. The normalized spacial score (nSPS) is 10.5. The smallest absolute Gasteiger partial charge is 0.214 e. The number of halogens is 1. The van der Waals surface area contributed by atoms with Gasteiger partial charge in [-0.25, -0.2) is 9.77 Å². The fourth-order valence-corrected chi connectivity index (χ4v) is 3.23. The van der Waals surface area contributed by atoms with Gasteiger partial charge in [0.25, 0.3) is 0 Å². The van der Waals surface area contributed by atoms with E-state index in [1.807, 2.05) is 42.5 Å². The molecule has 0 radical (unpaired) electrons. The summed E-state index contributed by atoms with van der Waals surface area (Å²) in [6.07, 6.45) is 0. The number of hydrogen-bond donors (Lipinski definition) is 2. The molecule has 0 bridgehead atoms. The monoisotopic (exact) mass is 420 g/mol. The van der Waals surface area contributed by atoms with Crippen LogP contribution in [0.4, 0.5) is 0 Å². The van der Waals surface area contributed by atoms with E-state index in [-0.39, 0.29) is 0 Å². The van der Waals surface area contributed by atoms with Gasteiger partial charge in [0.2, 0.25) is 4.77 Å². The van der Waals surface area contributed by atoms with E-state index in [2.05, 4.69) is 31.6 Å². The summed E-state index contributed by atoms with van der Waals surface area (Å²) < 4.78 is 13.8. The summed E-state index contributed by atoms with van der Waals surface area (Å²) in [7, 11) is 3.27. The summed E-state index contributed by atoms with van der Waals surface area (Å²) >= 11 is 8.84. The maximum atomic E-state index is 5.42. The molecular formula is C17H17BrN4O2S. The standard InChI is InChI=1S/C17H17BrN4O2S/c1-23-14-6-4-3-5-12(14)16-20-21-17(25)22(16)19-10-11-7-8-15(24-2)13(18)9-11/h3-9,19H,10H2,1-2H3,(H,21,25). The number of nitrogens with one attached hydrogen (secondary N) is 2. The first-order valence-electron chi connectivity index (χ1n) is 7.51. The van der Waals surface area contributed by atoms with Gasteiger partial charge in [-0.05, 0) is 58.0 Å². The van der Waals surface area contributed by atoms with Gasteiger partial charge in [0, 0.05) is 0 Å². The lowest BCUT2D eigenvalue weighted by molar-refractivity contribution is 0.412. The molecule has 3 rings (SSSR count). The number of methoxy groups -OCH3 is 2. The number of aromatic amines is 1. The molecule has 0 fully saturated rings. The van der Waals surface area contributed by atoms with Crippen LogP contribution in [0, 0.1) is 4.77 Å². The van der Waals surface area contributed by atoms with Crippen LogP contribution in [-0.4, -0.2) is 29.1 Å². The van der Waals surface area contributed by atoms with Crippen LogP contribution in [0.3, 0.4) is 0 Å². The summed E-state index contributed by atoms with van der Waals surface area (Å²) in [5.41, 5.74) is 5.21. The largest absolute Gasteiger partial charge is 0.496 e. The van der Waals surface area contributed by atoms with Gasteiger partial charge >= 0.3 is 0 Å². The molecule has 130 valence electrons. The molecule has 0 aliphatic heterocycles. The fourth-order valence-electron chi connectivity index (χ4n) is 2.44. The van der Waals surface area contributed by atoms with Gasteiger partial charge in [0.1, 0.15) is 11.5 Å². The van der Waals surface area contributed by atoms with E-state index in [9.17, 15) is 0 Å². The lowest BCUT2D eigenvalue weighted by atomic mass is 10.2. The predicted molar refractivity (Wildman–Crippen MR) is 103 cm³/mol. The van der Waals surface area contributed by atoms with Crippen molar-refractivity contribution in [2.75, 3.05) is 19.6 Å². The highest BCUT2D eigenvalue weighted by molar-refractivity contribution is 9.10. The summed E-state index contributed by atoms with van der Waals surface area (Å²) in [5.74, 6) is 2.18. The molecule has 1 aromatic heterocycles. The van der Waals surface area contributed by atoms with Crippen molar-refractivity contribution in [2.24, 2.45) is 0 Å². The quantitative estimate of drug-likeness (QED) is 0.586. The van der Waals surface area contributed by atoms with Gasteiger partial charge in [-0.3, -0.25) is 0 Å². The van der Waals surface area contributed by atoms with E-state index < -0.39 is 0 Å². The van der Waals surface area contributed by atoms with Gasteiger partial charge in [0.15, 0.2) is 5.82 Å². The Labute approximate surface area is 158 Å². The Hall–Kier alpha value is -2.32. The van der Waals surface area contributed by atoms with Gasteiger partial charge < -0.3 is 14.9 Å². The molecule has 25 heavy (non-hydrogen) atoms. The van der Waals surface area contributed by atoms with Crippen molar-refractivity contribution >= 4 is 28.1 Å². The highest BCUT2D eigenvalue weighted by atomic mass is 79.9. The Kier molecular flexibility index (Phi) is 5.40. The minimum Gasteiger partial charge on any atom is -0.496 e. The maximum absolute atomic E-state index is 5.42. The van der Waals surface area contributed by atoms with Crippen LogP contribution >= 0.6 is 28.1 Å². The first kappa shape index (κ1) is 17.5. The van der Waals surface area contributed by atoms with Crippen LogP contribution in [0.25, 0.3) is 11.4 Å². The van der Waals surface area contributed by atoms with E-state index in [0.717, 1.165) is 27.1 Å². The topological polar surface area (TPSA) is 64.1 Å². The van der Waals surface area contributed by atoms with Crippen LogP contribution in [0.5, 0.6) is 11.5 Å². The highest BCUT2D eigenvalue weighted by Crippen LogP contribution is 2.28. The zero-order chi connectivity index (χ0) is 17.8. The molecule has 8 heteroatoms. The second-order valence-corrected chi connectivity index (χ2v) is 6.43.